The summed E-state index contributed by atoms with van der Waals surface area (Å²) >= 11 is 4.19. The van der Waals surface area contributed by atoms with Crippen molar-refractivity contribution in [3.63, 3.8) is 0 Å². The molecule has 2 fully saturated rings. The van der Waals surface area contributed by atoms with Crippen LogP contribution in [-0.4, -0.2) is 52.3 Å². The lowest BCUT2D eigenvalue weighted by atomic mass is 9.88. The Morgan fingerprint density at radius 2 is 2.39 bits per heavy atom. The third kappa shape index (κ3) is 2.29. The fourth-order valence-electron chi connectivity index (χ4n) is 2.68. The van der Waals surface area contributed by atoms with E-state index in [0.717, 1.165) is 13.0 Å². The van der Waals surface area contributed by atoms with Gasteiger partial charge in [0.2, 0.25) is 5.91 Å². The Hall–Kier alpha value is -0.950. The molecule has 2 heterocycles. The summed E-state index contributed by atoms with van der Waals surface area (Å²) in [6.45, 7) is 3.29. The molecule has 1 amide bonds. The maximum Gasteiger partial charge on any atom is 0.507 e. The second-order valence-corrected chi connectivity index (χ2v) is 5.50. The molecule has 6 nitrogen and oxygen atoms in total. The molecule has 0 aromatic carbocycles. The smallest absolute Gasteiger partial charge is 0.450 e. The van der Waals surface area contributed by atoms with Crippen LogP contribution in [0.3, 0.4) is 0 Å². The summed E-state index contributed by atoms with van der Waals surface area (Å²) in [5.41, 5.74) is -0.480. The van der Waals surface area contributed by atoms with Crippen molar-refractivity contribution >= 4 is 24.7 Å². The predicted molar refractivity (Wildman–Crippen MR) is 67.1 cm³/mol. The molecule has 2 aliphatic heterocycles. The molecule has 0 saturated carbocycles. The molecule has 2 atom stereocenters. The molecular weight excluding hydrogens is 256 g/mol. The highest BCUT2D eigenvalue weighted by Gasteiger charge is 2.51. The van der Waals surface area contributed by atoms with E-state index < -0.39 is 17.8 Å². The zero-order valence-corrected chi connectivity index (χ0v) is 11.2. The van der Waals surface area contributed by atoms with Crippen molar-refractivity contribution in [1.29, 1.82) is 0 Å². The number of hydrogen-bond donors (Lipinski definition) is 2. The van der Waals surface area contributed by atoms with Gasteiger partial charge >= 0.3 is 6.16 Å². The molecule has 2 aliphatic rings. The van der Waals surface area contributed by atoms with E-state index in [1.165, 1.54) is 5.01 Å². The lowest BCUT2D eigenvalue weighted by Gasteiger charge is -2.37. The third-order valence-corrected chi connectivity index (χ3v) is 3.82. The molecule has 2 saturated heterocycles. The number of carbonyl (C=O) groups is 2. The highest BCUT2D eigenvalue weighted by atomic mass is 32.1. The van der Waals surface area contributed by atoms with Gasteiger partial charge in [0.05, 0.1) is 5.41 Å². The average Bonchev–Trinajstić information content (AvgIpc) is 2.52. The molecular formula is C11H18N2O4S. The molecule has 0 spiro atoms. The van der Waals surface area contributed by atoms with E-state index in [4.69, 9.17) is 9.84 Å². The fraction of sp³-hybridized carbons (Fsp3) is 0.818. The van der Waals surface area contributed by atoms with Crippen LogP contribution in [0.2, 0.25) is 0 Å². The van der Waals surface area contributed by atoms with E-state index in [-0.39, 0.29) is 5.91 Å². The van der Waals surface area contributed by atoms with Gasteiger partial charge in [0, 0.05) is 19.5 Å². The lowest BCUT2D eigenvalue weighted by Crippen LogP contribution is -2.52. The monoisotopic (exact) mass is 274 g/mol. The van der Waals surface area contributed by atoms with Gasteiger partial charge in [-0.15, -0.1) is 0 Å². The largest absolute Gasteiger partial charge is 0.507 e. The standard InChI is InChI=1S/C11H18N2O4S/c1-11(4-6-18)7-12-5-2-3-8(17-10(15)16)13(12)9(11)14/h8,18H,2-7H2,1H3,(H,15,16). The first-order valence-electron chi connectivity index (χ1n) is 6.07. The molecule has 102 valence electrons. The van der Waals surface area contributed by atoms with E-state index in [9.17, 15) is 9.59 Å². The van der Waals surface area contributed by atoms with Crippen LogP contribution in [0, 0.1) is 5.41 Å². The van der Waals surface area contributed by atoms with Crippen molar-refractivity contribution in [3.8, 4) is 0 Å². The Labute approximate surface area is 111 Å². The lowest BCUT2D eigenvalue weighted by molar-refractivity contribution is -0.175. The molecule has 1 N–H and O–H groups in total. The van der Waals surface area contributed by atoms with E-state index >= 15 is 0 Å². The molecule has 2 unspecified atom stereocenters. The number of carboxylic acid groups (broad SMARTS) is 1. The van der Waals surface area contributed by atoms with E-state index in [1.54, 1.807) is 0 Å². The SMILES string of the molecule is CC1(CCS)CN2CCCC(OC(=O)O)N2C1=O. The van der Waals surface area contributed by atoms with Crippen molar-refractivity contribution in [2.45, 2.75) is 32.4 Å². The molecule has 2 rings (SSSR count). The second-order valence-electron chi connectivity index (χ2n) is 5.05. The van der Waals surface area contributed by atoms with Crippen LogP contribution in [0.1, 0.15) is 26.2 Å². The summed E-state index contributed by atoms with van der Waals surface area (Å²) in [4.78, 5) is 23.1. The third-order valence-electron chi connectivity index (χ3n) is 3.60. The van der Waals surface area contributed by atoms with E-state index in [1.807, 2.05) is 11.9 Å². The number of rotatable bonds is 3. The van der Waals surface area contributed by atoms with Gasteiger partial charge in [0.25, 0.3) is 0 Å². The number of ether oxygens (including phenoxy) is 1. The molecule has 0 bridgehead atoms. The van der Waals surface area contributed by atoms with Crippen molar-refractivity contribution in [2.24, 2.45) is 5.41 Å². The summed E-state index contributed by atoms with van der Waals surface area (Å²) < 4.78 is 4.81. The minimum atomic E-state index is -1.34. The zero-order valence-electron chi connectivity index (χ0n) is 10.3. The predicted octanol–water partition coefficient (Wildman–Crippen LogP) is 1.19. The first kappa shape index (κ1) is 13.5. The van der Waals surface area contributed by atoms with Crippen LogP contribution in [0.4, 0.5) is 4.79 Å². The molecule has 0 aromatic rings. The van der Waals surface area contributed by atoms with Gasteiger partial charge in [-0.3, -0.25) is 4.79 Å². The van der Waals surface area contributed by atoms with Crippen LogP contribution in [0.5, 0.6) is 0 Å². The van der Waals surface area contributed by atoms with E-state index in [2.05, 4.69) is 12.6 Å². The van der Waals surface area contributed by atoms with Crippen LogP contribution in [0.15, 0.2) is 0 Å². The minimum Gasteiger partial charge on any atom is -0.450 e. The highest BCUT2D eigenvalue weighted by Crippen LogP contribution is 2.38. The summed E-state index contributed by atoms with van der Waals surface area (Å²) in [5.74, 6) is 0.580. The van der Waals surface area contributed by atoms with Crippen LogP contribution >= 0.6 is 12.6 Å². The number of nitrogens with zero attached hydrogens (tertiary/aromatic N) is 2. The van der Waals surface area contributed by atoms with Crippen LogP contribution in [0.25, 0.3) is 0 Å². The Morgan fingerprint density at radius 3 is 3.00 bits per heavy atom. The van der Waals surface area contributed by atoms with Crippen molar-refractivity contribution in [3.05, 3.63) is 0 Å². The average molecular weight is 274 g/mol. The maximum absolute atomic E-state index is 12.4. The first-order valence-corrected chi connectivity index (χ1v) is 6.70. The molecule has 18 heavy (non-hydrogen) atoms. The maximum atomic E-state index is 12.4. The molecule has 7 heteroatoms. The van der Waals surface area contributed by atoms with Crippen LogP contribution < -0.4 is 0 Å². The normalized spacial score (nSPS) is 32.4. The summed E-state index contributed by atoms with van der Waals surface area (Å²) in [7, 11) is 0. The summed E-state index contributed by atoms with van der Waals surface area (Å²) in [6, 6.07) is 0. The first-order chi connectivity index (χ1) is 8.48. The fourth-order valence-corrected chi connectivity index (χ4v) is 3.17. The summed E-state index contributed by atoms with van der Waals surface area (Å²) in [6.07, 6.45) is 0.0641. The summed E-state index contributed by atoms with van der Waals surface area (Å²) in [5, 5.41) is 12.1. The molecule has 0 aromatic heterocycles. The molecule has 0 aliphatic carbocycles. The van der Waals surface area contributed by atoms with Gasteiger partial charge in [0.15, 0.2) is 6.23 Å². The minimum absolute atomic E-state index is 0.0532. The Kier molecular flexibility index (Phi) is 3.72. The Bertz CT molecular complexity index is 365. The molecule has 0 radical (unpaired) electrons. The number of hydrogen-bond acceptors (Lipinski definition) is 5. The van der Waals surface area contributed by atoms with Crippen molar-refractivity contribution in [2.75, 3.05) is 18.8 Å². The number of carbonyl (C=O) groups excluding carboxylic acids is 1. The topological polar surface area (TPSA) is 70.1 Å². The van der Waals surface area contributed by atoms with Gasteiger partial charge < -0.3 is 9.84 Å². The van der Waals surface area contributed by atoms with Gasteiger partial charge in [-0.1, -0.05) is 0 Å². The number of amides is 1. The highest BCUT2D eigenvalue weighted by molar-refractivity contribution is 7.80. The van der Waals surface area contributed by atoms with E-state index in [0.29, 0.717) is 25.1 Å². The zero-order chi connectivity index (χ0) is 13.3. The number of hydrazine groups is 1. The van der Waals surface area contributed by atoms with Gasteiger partial charge in [-0.25, -0.2) is 14.8 Å². The Morgan fingerprint density at radius 1 is 1.67 bits per heavy atom. The van der Waals surface area contributed by atoms with Gasteiger partial charge in [-0.2, -0.15) is 12.6 Å². The van der Waals surface area contributed by atoms with Crippen molar-refractivity contribution in [1.82, 2.24) is 10.0 Å². The Balaban J connectivity index is 2.17. The van der Waals surface area contributed by atoms with Crippen LogP contribution in [-0.2, 0) is 9.53 Å². The number of thiol groups is 1. The van der Waals surface area contributed by atoms with Crippen molar-refractivity contribution < 1.29 is 19.4 Å². The quantitative estimate of drug-likeness (QED) is 0.597. The van der Waals surface area contributed by atoms with Gasteiger partial charge in [0.1, 0.15) is 0 Å². The van der Waals surface area contributed by atoms with Gasteiger partial charge in [-0.05, 0) is 25.5 Å². The number of fused-ring (bicyclic) bond motifs is 1. The second kappa shape index (κ2) is 4.97.